The van der Waals surface area contributed by atoms with Gasteiger partial charge in [-0.2, -0.15) is 12.9 Å². The molecule has 0 amide bonds. The molecule has 0 saturated heterocycles. The molecular weight excluding hydrogens is 607 g/mol. The van der Waals surface area contributed by atoms with Crippen LogP contribution in [0.4, 0.5) is 0 Å². The molecule has 0 aromatic heterocycles. The van der Waals surface area contributed by atoms with Crippen LogP contribution in [0.1, 0.15) is 6.92 Å². The molecule has 3 aromatic rings. The summed E-state index contributed by atoms with van der Waals surface area (Å²) in [6.45, 7) is 0.236. The summed E-state index contributed by atoms with van der Waals surface area (Å²) in [7, 11) is -12.1. The second-order valence-corrected chi connectivity index (χ2v) is 15.0. The number of hydrogen-bond acceptors (Lipinski definition) is 6. The predicted octanol–water partition coefficient (Wildman–Crippen LogP) is 2.47. The van der Waals surface area contributed by atoms with E-state index in [4.69, 9.17) is 0 Å². The van der Waals surface area contributed by atoms with Crippen LogP contribution in [0, 0.1) is 35.5 Å². The van der Waals surface area contributed by atoms with Gasteiger partial charge in [-0.1, -0.05) is 90.1 Å². The van der Waals surface area contributed by atoms with Crippen LogP contribution in [0.15, 0.2) is 106 Å². The topological polar surface area (TPSA) is 112 Å². The van der Waals surface area contributed by atoms with Gasteiger partial charge in [-0.05, 0) is 43.3 Å². The molecule has 9 nitrogen and oxygen atoms in total. The monoisotopic (exact) mass is 635 g/mol. The van der Waals surface area contributed by atoms with Crippen molar-refractivity contribution < 1.29 is 25.3 Å². The van der Waals surface area contributed by atoms with Crippen molar-refractivity contribution in [3.63, 3.8) is 0 Å². The first kappa shape index (κ1) is 32.0. The molecule has 1 aliphatic heterocycles. The Labute approximate surface area is 254 Å². The highest BCUT2D eigenvalue weighted by atomic mass is 32.2. The summed E-state index contributed by atoms with van der Waals surface area (Å²) in [6, 6.07) is 22.5. The van der Waals surface area contributed by atoms with Crippen LogP contribution in [0.25, 0.3) is 0 Å². The molecule has 1 heterocycles. The van der Waals surface area contributed by atoms with Crippen molar-refractivity contribution in [3.8, 4) is 35.5 Å². The van der Waals surface area contributed by atoms with Gasteiger partial charge >= 0.3 is 0 Å². The van der Waals surface area contributed by atoms with Crippen LogP contribution in [0.5, 0.6) is 0 Å². The molecule has 12 heteroatoms. The quantitative estimate of drug-likeness (QED) is 0.385. The fourth-order valence-corrected chi connectivity index (χ4v) is 8.02. The van der Waals surface area contributed by atoms with Crippen molar-refractivity contribution in [2.75, 3.05) is 32.7 Å². The van der Waals surface area contributed by atoms with Crippen LogP contribution in [-0.4, -0.2) is 76.9 Å². The van der Waals surface area contributed by atoms with E-state index in [9.17, 15) is 25.3 Å². The molecular formula is C31H29N3O6S3. The molecule has 4 rings (SSSR count). The lowest BCUT2D eigenvalue weighted by atomic mass is 10.3. The second kappa shape index (κ2) is 14.0. The lowest BCUT2D eigenvalue weighted by Gasteiger charge is -2.23. The van der Waals surface area contributed by atoms with E-state index in [0.29, 0.717) is 0 Å². The Bertz CT molecular complexity index is 1930. The Kier molecular flexibility index (Phi) is 10.4. The van der Waals surface area contributed by atoms with Gasteiger partial charge in [0.25, 0.3) is 0 Å². The highest BCUT2D eigenvalue weighted by molar-refractivity contribution is 7.89. The lowest BCUT2D eigenvalue weighted by molar-refractivity contribution is 0.419. The molecule has 222 valence electrons. The molecule has 1 aliphatic rings. The molecule has 0 N–H and O–H groups in total. The van der Waals surface area contributed by atoms with Crippen molar-refractivity contribution in [2.45, 2.75) is 27.7 Å². The van der Waals surface area contributed by atoms with Gasteiger partial charge in [0.1, 0.15) is 0 Å². The van der Waals surface area contributed by atoms with E-state index in [1.165, 1.54) is 36.4 Å². The van der Waals surface area contributed by atoms with Gasteiger partial charge in [0.15, 0.2) is 0 Å². The van der Waals surface area contributed by atoms with E-state index >= 15 is 0 Å². The highest BCUT2D eigenvalue weighted by Crippen LogP contribution is 2.19. The summed E-state index contributed by atoms with van der Waals surface area (Å²) in [5, 5.41) is 0. The summed E-state index contributed by atoms with van der Waals surface area (Å²) < 4.78 is 84.1. The van der Waals surface area contributed by atoms with E-state index in [0.717, 1.165) is 12.9 Å². The first-order valence-electron chi connectivity index (χ1n) is 13.1. The van der Waals surface area contributed by atoms with Crippen molar-refractivity contribution in [2.24, 2.45) is 0 Å². The molecule has 0 bridgehead atoms. The average molecular weight is 636 g/mol. The average Bonchev–Trinajstić information content (AvgIpc) is 3.02. The Morgan fingerprint density at radius 1 is 0.488 bits per heavy atom. The standard InChI is InChI=1S/C31H29N3O6S3/c1-28-16-15-26-33(42(37,38)30-19-7-3-8-20-30)24-12-11-23-32(41(35,36)29-17-5-2-6-18-29)25-13-14-27-34(28)43(39,40)31-21-9-4-10-22-31/h2-10,17-22,28H,23-27H2,1H3. The Morgan fingerprint density at radius 2 is 0.814 bits per heavy atom. The number of nitrogens with zero attached hydrogens (tertiary/aromatic N) is 3. The largest absolute Gasteiger partial charge is 0.245 e. The van der Waals surface area contributed by atoms with Crippen molar-refractivity contribution >= 4 is 30.1 Å². The second-order valence-electron chi connectivity index (χ2n) is 9.24. The van der Waals surface area contributed by atoms with Gasteiger partial charge in [0.2, 0.25) is 30.1 Å². The maximum Gasteiger partial charge on any atom is 0.245 e. The molecule has 3 aromatic carbocycles. The number of sulfonamides is 3. The van der Waals surface area contributed by atoms with Crippen LogP contribution in [0.3, 0.4) is 0 Å². The molecule has 0 radical (unpaired) electrons. The summed E-state index contributed by atoms with van der Waals surface area (Å²) in [5.41, 5.74) is 0. The van der Waals surface area contributed by atoms with Gasteiger partial charge in [0.05, 0.1) is 53.5 Å². The minimum atomic E-state index is -4.05. The third-order valence-electron chi connectivity index (χ3n) is 6.36. The van der Waals surface area contributed by atoms with Gasteiger partial charge in [-0.15, -0.1) is 0 Å². The maximum absolute atomic E-state index is 13.6. The number of rotatable bonds is 6. The lowest BCUT2D eigenvalue weighted by Crippen LogP contribution is -2.38. The molecule has 43 heavy (non-hydrogen) atoms. The van der Waals surface area contributed by atoms with Gasteiger partial charge in [-0.25, -0.2) is 25.3 Å². The van der Waals surface area contributed by atoms with E-state index in [1.807, 2.05) is 0 Å². The third-order valence-corrected chi connectivity index (χ3v) is 11.9. The first-order valence-corrected chi connectivity index (χ1v) is 17.4. The molecule has 0 fully saturated rings. The predicted molar refractivity (Wildman–Crippen MR) is 164 cm³/mol. The number of hydrogen-bond donors (Lipinski definition) is 0. The van der Waals surface area contributed by atoms with E-state index in [1.54, 1.807) is 61.5 Å². The molecule has 1 unspecified atom stereocenters. The normalized spacial score (nSPS) is 17.9. The summed E-state index contributed by atoms with van der Waals surface area (Å²) in [4.78, 5) is 0.123. The fourth-order valence-electron chi connectivity index (χ4n) is 4.01. The van der Waals surface area contributed by atoms with Crippen LogP contribution in [0.2, 0.25) is 0 Å². The molecule has 0 saturated carbocycles. The van der Waals surface area contributed by atoms with Gasteiger partial charge < -0.3 is 0 Å². The smallest absolute Gasteiger partial charge is 0.207 e. The zero-order valence-corrected chi connectivity index (χ0v) is 25.7. The zero-order valence-electron chi connectivity index (χ0n) is 23.3. The number of benzene rings is 3. The SMILES string of the molecule is CC1C#CCN(S(=O)(=O)c2ccccc2)CC#CCN(S(=O)(=O)c2ccccc2)CC#CCN1S(=O)(=O)c1ccccc1. The minimum Gasteiger partial charge on any atom is -0.207 e. The van der Waals surface area contributed by atoms with Gasteiger partial charge in [-0.3, -0.25) is 0 Å². The highest BCUT2D eigenvalue weighted by Gasteiger charge is 2.29. The zero-order chi connectivity index (χ0) is 30.9. The van der Waals surface area contributed by atoms with Crippen molar-refractivity contribution in [1.29, 1.82) is 0 Å². The summed E-state index contributed by atoms with van der Waals surface area (Å²) >= 11 is 0. The van der Waals surface area contributed by atoms with E-state index in [-0.39, 0.29) is 47.4 Å². The minimum absolute atomic E-state index is 0.0401. The Morgan fingerprint density at radius 3 is 1.21 bits per heavy atom. The van der Waals surface area contributed by atoms with Crippen molar-refractivity contribution in [3.05, 3.63) is 91.0 Å². The van der Waals surface area contributed by atoms with Crippen LogP contribution in [-0.2, 0) is 30.1 Å². The molecule has 0 aliphatic carbocycles. The summed E-state index contributed by atoms with van der Waals surface area (Å²) in [6.07, 6.45) is 0. The van der Waals surface area contributed by atoms with Gasteiger partial charge in [0, 0.05) is 0 Å². The van der Waals surface area contributed by atoms with Crippen molar-refractivity contribution in [1.82, 2.24) is 12.9 Å². The molecule has 0 spiro atoms. The fraction of sp³-hybridized carbons (Fsp3) is 0.226. The third kappa shape index (κ3) is 7.73. The summed E-state index contributed by atoms with van der Waals surface area (Å²) in [5.74, 6) is 16.8. The Hall–Kier alpha value is -3.93. The van der Waals surface area contributed by atoms with E-state index in [2.05, 4.69) is 35.5 Å². The van der Waals surface area contributed by atoms with Crippen LogP contribution < -0.4 is 0 Å². The maximum atomic E-state index is 13.6. The van der Waals surface area contributed by atoms with Crippen LogP contribution >= 0.6 is 0 Å². The van der Waals surface area contributed by atoms with E-state index < -0.39 is 36.1 Å². The Balaban J connectivity index is 1.77. The first-order chi connectivity index (χ1) is 20.5. The molecule has 1 atom stereocenters.